The molecule has 2 aromatic carbocycles. The average Bonchev–Trinajstić information content (AvgIpc) is 3.17. The zero-order valence-corrected chi connectivity index (χ0v) is 12.0. The standard InChI is InChI=1S/C17H12N2O4/c20-14-8-13(11-3-1-2-4-12(11)14)18-19-17(21)10-5-6-15-16(7-10)23-9-22-15/h1-7H,8-9H2,(H,19,21). The fraction of sp³-hybridized carbons (Fsp3) is 0.118. The smallest absolute Gasteiger partial charge is 0.271 e. The molecule has 23 heavy (non-hydrogen) atoms. The molecule has 4 rings (SSSR count). The van der Waals surface area contributed by atoms with Crippen molar-refractivity contribution in [1.82, 2.24) is 5.43 Å². The number of nitrogens with zero attached hydrogens (tertiary/aromatic N) is 1. The maximum absolute atomic E-state index is 12.2. The Morgan fingerprint density at radius 3 is 2.70 bits per heavy atom. The van der Waals surface area contributed by atoms with Crippen molar-refractivity contribution in [2.24, 2.45) is 5.10 Å². The van der Waals surface area contributed by atoms with Crippen molar-refractivity contribution < 1.29 is 19.1 Å². The monoisotopic (exact) mass is 308 g/mol. The van der Waals surface area contributed by atoms with Crippen molar-refractivity contribution in [1.29, 1.82) is 0 Å². The van der Waals surface area contributed by atoms with Gasteiger partial charge in [-0.2, -0.15) is 5.10 Å². The highest BCUT2D eigenvalue weighted by Gasteiger charge is 2.25. The number of nitrogens with one attached hydrogen (secondary N) is 1. The molecule has 114 valence electrons. The van der Waals surface area contributed by atoms with E-state index in [1.807, 2.05) is 18.2 Å². The summed E-state index contributed by atoms with van der Waals surface area (Å²) in [4.78, 5) is 24.1. The van der Waals surface area contributed by atoms with Crippen molar-refractivity contribution in [2.45, 2.75) is 6.42 Å². The van der Waals surface area contributed by atoms with E-state index in [0.717, 1.165) is 5.56 Å². The van der Waals surface area contributed by atoms with Gasteiger partial charge in [0, 0.05) is 16.7 Å². The molecular weight excluding hydrogens is 296 g/mol. The molecule has 0 spiro atoms. The first-order valence-corrected chi connectivity index (χ1v) is 7.11. The van der Waals surface area contributed by atoms with Gasteiger partial charge in [-0.05, 0) is 18.2 Å². The number of amides is 1. The molecule has 0 saturated carbocycles. The SMILES string of the molecule is O=C(NN=C1CC(=O)c2ccccc21)c1ccc2c(c1)OCO2. The number of ether oxygens (including phenoxy) is 2. The van der Waals surface area contributed by atoms with E-state index < -0.39 is 0 Å². The molecule has 6 heteroatoms. The average molecular weight is 308 g/mol. The molecule has 0 aromatic heterocycles. The zero-order chi connectivity index (χ0) is 15.8. The molecule has 1 aliphatic carbocycles. The molecule has 0 radical (unpaired) electrons. The van der Waals surface area contributed by atoms with Crippen LogP contribution in [0.5, 0.6) is 11.5 Å². The van der Waals surface area contributed by atoms with Crippen LogP contribution in [-0.2, 0) is 0 Å². The second-order valence-corrected chi connectivity index (χ2v) is 5.21. The molecule has 0 bridgehead atoms. The summed E-state index contributed by atoms with van der Waals surface area (Å²) in [6.07, 6.45) is 0.195. The van der Waals surface area contributed by atoms with Crippen molar-refractivity contribution in [3.63, 3.8) is 0 Å². The molecule has 1 heterocycles. The highest BCUT2D eigenvalue weighted by atomic mass is 16.7. The molecule has 1 N–H and O–H groups in total. The Labute approximate surface area is 131 Å². The summed E-state index contributed by atoms with van der Waals surface area (Å²) in [5.41, 5.74) is 4.89. The second kappa shape index (κ2) is 5.24. The first-order valence-electron chi connectivity index (χ1n) is 7.11. The third kappa shape index (κ3) is 2.34. The summed E-state index contributed by atoms with van der Waals surface area (Å²) < 4.78 is 10.5. The number of carbonyl (C=O) groups is 2. The van der Waals surface area contributed by atoms with E-state index in [4.69, 9.17) is 9.47 Å². The number of hydrazone groups is 1. The summed E-state index contributed by atoms with van der Waals surface area (Å²) in [5, 5.41) is 4.11. The number of carbonyl (C=O) groups excluding carboxylic acids is 2. The zero-order valence-electron chi connectivity index (χ0n) is 12.0. The molecule has 0 atom stereocenters. The summed E-state index contributed by atoms with van der Waals surface area (Å²) in [5.74, 6) is 0.791. The fourth-order valence-electron chi connectivity index (χ4n) is 2.64. The van der Waals surface area contributed by atoms with Gasteiger partial charge in [0.1, 0.15) is 0 Å². The summed E-state index contributed by atoms with van der Waals surface area (Å²) in [6, 6.07) is 12.2. The molecular formula is C17H12N2O4. The Bertz CT molecular complexity index is 857. The van der Waals surface area contributed by atoms with Gasteiger partial charge in [-0.3, -0.25) is 9.59 Å². The number of hydrogen-bond donors (Lipinski definition) is 1. The third-order valence-electron chi connectivity index (χ3n) is 3.79. The first kappa shape index (κ1) is 13.5. The van der Waals surface area contributed by atoms with Gasteiger partial charge in [-0.15, -0.1) is 0 Å². The number of fused-ring (bicyclic) bond motifs is 2. The van der Waals surface area contributed by atoms with Crippen molar-refractivity contribution in [3.05, 3.63) is 59.2 Å². The second-order valence-electron chi connectivity index (χ2n) is 5.21. The minimum atomic E-state index is -0.368. The van der Waals surface area contributed by atoms with Crippen LogP contribution in [0.4, 0.5) is 0 Å². The predicted molar refractivity (Wildman–Crippen MR) is 82.0 cm³/mol. The molecule has 2 aliphatic rings. The highest BCUT2D eigenvalue weighted by Crippen LogP contribution is 2.32. The van der Waals surface area contributed by atoms with Gasteiger partial charge in [0.2, 0.25) is 6.79 Å². The Morgan fingerprint density at radius 1 is 1.04 bits per heavy atom. The minimum Gasteiger partial charge on any atom is -0.454 e. The molecule has 1 aliphatic heterocycles. The normalized spacial score (nSPS) is 16.5. The predicted octanol–water partition coefficient (Wildman–Crippen LogP) is 2.14. The molecule has 0 unspecified atom stereocenters. The molecule has 2 aromatic rings. The third-order valence-corrected chi connectivity index (χ3v) is 3.79. The van der Waals surface area contributed by atoms with E-state index in [1.54, 1.807) is 24.3 Å². The summed E-state index contributed by atoms with van der Waals surface area (Å²) in [6.45, 7) is 0.154. The van der Waals surface area contributed by atoms with E-state index in [-0.39, 0.29) is 24.9 Å². The van der Waals surface area contributed by atoms with Crippen LogP contribution < -0.4 is 14.9 Å². The van der Waals surface area contributed by atoms with Crippen molar-refractivity contribution in [2.75, 3.05) is 6.79 Å². The molecule has 0 fully saturated rings. The van der Waals surface area contributed by atoms with Crippen LogP contribution in [-0.4, -0.2) is 24.2 Å². The molecule has 6 nitrogen and oxygen atoms in total. The topological polar surface area (TPSA) is 77.0 Å². The van der Waals surface area contributed by atoms with Gasteiger partial charge < -0.3 is 9.47 Å². The minimum absolute atomic E-state index is 0.0108. The fourth-order valence-corrected chi connectivity index (χ4v) is 2.64. The highest BCUT2D eigenvalue weighted by molar-refractivity contribution is 6.26. The lowest BCUT2D eigenvalue weighted by Crippen LogP contribution is -2.19. The van der Waals surface area contributed by atoms with Crippen LogP contribution >= 0.6 is 0 Å². The number of rotatable bonds is 2. The van der Waals surface area contributed by atoms with E-state index in [0.29, 0.717) is 28.3 Å². The van der Waals surface area contributed by atoms with Gasteiger partial charge in [0.25, 0.3) is 5.91 Å². The van der Waals surface area contributed by atoms with Crippen LogP contribution in [0, 0.1) is 0 Å². The van der Waals surface area contributed by atoms with Crippen molar-refractivity contribution in [3.8, 4) is 11.5 Å². The quantitative estimate of drug-likeness (QED) is 0.862. The Hall–Kier alpha value is -3.15. The van der Waals surface area contributed by atoms with Crippen LogP contribution in [0.1, 0.15) is 32.7 Å². The lowest BCUT2D eigenvalue weighted by Gasteiger charge is -2.03. The van der Waals surface area contributed by atoms with Gasteiger partial charge in [-0.1, -0.05) is 24.3 Å². The molecule has 0 saturated heterocycles. The van der Waals surface area contributed by atoms with Crippen LogP contribution in [0.25, 0.3) is 0 Å². The first-order chi connectivity index (χ1) is 11.2. The lowest BCUT2D eigenvalue weighted by atomic mass is 10.1. The Balaban J connectivity index is 1.55. The largest absolute Gasteiger partial charge is 0.454 e. The van der Waals surface area contributed by atoms with Gasteiger partial charge in [0.15, 0.2) is 17.3 Å². The van der Waals surface area contributed by atoms with E-state index in [9.17, 15) is 9.59 Å². The van der Waals surface area contributed by atoms with Gasteiger partial charge >= 0.3 is 0 Å². The van der Waals surface area contributed by atoms with Crippen LogP contribution in [0.2, 0.25) is 0 Å². The van der Waals surface area contributed by atoms with Crippen LogP contribution in [0.3, 0.4) is 0 Å². The Kier molecular flexibility index (Phi) is 3.08. The number of hydrogen-bond acceptors (Lipinski definition) is 5. The molecule has 1 amide bonds. The number of Topliss-reactive ketones (excluding diaryl/α,β-unsaturated/α-hetero) is 1. The van der Waals surface area contributed by atoms with Gasteiger partial charge in [-0.25, -0.2) is 5.43 Å². The summed E-state index contributed by atoms with van der Waals surface area (Å²) in [7, 11) is 0. The number of ketones is 1. The lowest BCUT2D eigenvalue weighted by molar-refractivity contribution is 0.0951. The van der Waals surface area contributed by atoms with E-state index >= 15 is 0 Å². The maximum atomic E-state index is 12.2. The van der Waals surface area contributed by atoms with Crippen LogP contribution in [0.15, 0.2) is 47.6 Å². The van der Waals surface area contributed by atoms with Crippen molar-refractivity contribution >= 4 is 17.4 Å². The number of benzene rings is 2. The van der Waals surface area contributed by atoms with E-state index in [1.165, 1.54) is 0 Å². The van der Waals surface area contributed by atoms with Gasteiger partial charge in [0.05, 0.1) is 12.1 Å². The Morgan fingerprint density at radius 2 is 1.83 bits per heavy atom. The summed E-state index contributed by atoms with van der Waals surface area (Å²) >= 11 is 0. The maximum Gasteiger partial charge on any atom is 0.271 e. The van der Waals surface area contributed by atoms with E-state index in [2.05, 4.69) is 10.5 Å².